The number of ether oxygens (including phenoxy) is 10. The highest BCUT2D eigenvalue weighted by Gasteiger charge is 2.51. The summed E-state index contributed by atoms with van der Waals surface area (Å²) in [5.41, 5.74) is 0.376. The van der Waals surface area contributed by atoms with Crippen molar-refractivity contribution in [3.05, 3.63) is 72.3 Å². The second-order valence-corrected chi connectivity index (χ2v) is 11.1. The molecular formula is C35H38O16. The van der Waals surface area contributed by atoms with Crippen molar-refractivity contribution in [1.82, 2.24) is 0 Å². The number of fused-ring (bicyclic) bond motifs is 1. The van der Waals surface area contributed by atoms with Crippen LogP contribution >= 0.6 is 0 Å². The van der Waals surface area contributed by atoms with E-state index >= 15 is 0 Å². The average Bonchev–Trinajstić information content (AvgIpc) is 3.70. The van der Waals surface area contributed by atoms with Gasteiger partial charge in [0.2, 0.25) is 0 Å². The Balaban J connectivity index is 1.14. The molecule has 2 aliphatic rings. The fraction of sp³-hybridized carbons (Fsp3) is 0.429. The van der Waals surface area contributed by atoms with Crippen LogP contribution in [0.5, 0.6) is 11.5 Å². The molecule has 0 amide bonds. The van der Waals surface area contributed by atoms with Crippen LogP contribution in [0.1, 0.15) is 53.3 Å². The third-order valence-corrected chi connectivity index (χ3v) is 7.30. The Morgan fingerprint density at radius 3 is 1.41 bits per heavy atom. The summed E-state index contributed by atoms with van der Waals surface area (Å²) in [5.74, 6) is -1.92. The first kappa shape index (κ1) is 38.3. The summed E-state index contributed by atoms with van der Waals surface area (Å²) in [6.07, 6.45) is -1.67. The van der Waals surface area contributed by atoms with Gasteiger partial charge >= 0.3 is 36.2 Å². The minimum absolute atomic E-state index is 0.0210. The van der Waals surface area contributed by atoms with Gasteiger partial charge in [-0.05, 0) is 74.2 Å². The van der Waals surface area contributed by atoms with E-state index in [1.54, 1.807) is 0 Å². The van der Waals surface area contributed by atoms with Gasteiger partial charge in [0.15, 0.2) is 12.2 Å². The van der Waals surface area contributed by atoms with Gasteiger partial charge in [-0.15, -0.1) is 0 Å². The number of carbonyl (C=O) groups excluding carboxylic acids is 6. The number of hydrogen-bond acceptors (Lipinski definition) is 16. The molecule has 2 aromatic carbocycles. The molecular weight excluding hydrogens is 676 g/mol. The molecule has 274 valence electrons. The van der Waals surface area contributed by atoms with Gasteiger partial charge in [-0.3, -0.25) is 4.79 Å². The predicted octanol–water partition coefficient (Wildman–Crippen LogP) is 4.12. The molecule has 0 aliphatic carbocycles. The SMILES string of the molecule is C=CC(=O)OCCCCOC(=O)Oc1ccc(C(=O)O[C@@H]2COC3C2OC[C@@H]3OC(=O)c2ccc(OC(=O)OCCCCOC(C)=O)cc2)cc1. The van der Waals surface area contributed by atoms with Crippen LogP contribution in [0.3, 0.4) is 0 Å². The summed E-state index contributed by atoms with van der Waals surface area (Å²) < 4.78 is 52.5. The van der Waals surface area contributed by atoms with Gasteiger partial charge in [0.05, 0.1) is 50.8 Å². The molecule has 0 aromatic heterocycles. The minimum atomic E-state index is -0.929. The molecule has 2 aliphatic heterocycles. The van der Waals surface area contributed by atoms with Crippen molar-refractivity contribution < 1.29 is 76.1 Å². The first-order valence-corrected chi connectivity index (χ1v) is 16.1. The summed E-state index contributed by atoms with van der Waals surface area (Å²) >= 11 is 0. The van der Waals surface area contributed by atoms with Crippen molar-refractivity contribution in [2.24, 2.45) is 0 Å². The molecule has 0 N–H and O–H groups in total. The molecule has 2 heterocycles. The average molecular weight is 715 g/mol. The molecule has 16 heteroatoms. The zero-order valence-electron chi connectivity index (χ0n) is 27.8. The predicted molar refractivity (Wildman–Crippen MR) is 171 cm³/mol. The van der Waals surface area contributed by atoms with Crippen molar-refractivity contribution >= 4 is 36.2 Å². The molecule has 2 unspecified atom stereocenters. The zero-order valence-corrected chi connectivity index (χ0v) is 27.8. The molecule has 2 saturated heterocycles. The standard InChI is InChI=1S/C35H38O16/c1-3-29(37)43-17-5-7-19-45-35(41)49-26-14-10-24(11-15-26)33(39)51-28-21-47-30-27(20-46-31(28)30)50-32(38)23-8-12-25(13-9-23)48-34(40)44-18-6-4-16-42-22(2)36/h3,8-15,27-28,30-31H,1,4-7,16-21H2,2H3/t27-,28+,30?,31?/m0/s1. The van der Waals surface area contributed by atoms with Crippen LogP contribution < -0.4 is 9.47 Å². The van der Waals surface area contributed by atoms with Gasteiger partial charge in [0, 0.05) is 13.0 Å². The van der Waals surface area contributed by atoms with Crippen molar-refractivity contribution in [3.63, 3.8) is 0 Å². The van der Waals surface area contributed by atoms with E-state index in [4.69, 9.17) is 47.4 Å². The van der Waals surface area contributed by atoms with Crippen LogP contribution in [0.2, 0.25) is 0 Å². The van der Waals surface area contributed by atoms with Crippen molar-refractivity contribution in [2.45, 2.75) is 57.0 Å². The maximum atomic E-state index is 12.8. The highest BCUT2D eigenvalue weighted by atomic mass is 16.7. The summed E-state index contributed by atoms with van der Waals surface area (Å²) in [7, 11) is 0. The Hall–Kier alpha value is -5.48. The molecule has 0 saturated carbocycles. The lowest BCUT2D eigenvalue weighted by Gasteiger charge is -2.17. The summed E-state index contributed by atoms with van der Waals surface area (Å²) in [6.45, 7) is 5.21. The third-order valence-electron chi connectivity index (χ3n) is 7.30. The number of hydrogen-bond donors (Lipinski definition) is 0. The van der Waals surface area contributed by atoms with Crippen LogP contribution in [-0.2, 0) is 47.5 Å². The first-order valence-electron chi connectivity index (χ1n) is 16.1. The molecule has 2 fully saturated rings. The Morgan fingerprint density at radius 2 is 1.02 bits per heavy atom. The fourth-order valence-electron chi connectivity index (χ4n) is 4.78. The van der Waals surface area contributed by atoms with Crippen LogP contribution in [-0.4, -0.2) is 100 Å². The highest BCUT2D eigenvalue weighted by Crippen LogP contribution is 2.32. The van der Waals surface area contributed by atoms with E-state index < -0.39 is 54.6 Å². The largest absolute Gasteiger partial charge is 0.513 e. The van der Waals surface area contributed by atoms with Crippen molar-refractivity contribution in [2.75, 3.05) is 39.6 Å². The van der Waals surface area contributed by atoms with Gasteiger partial charge in [0.1, 0.15) is 23.7 Å². The fourth-order valence-corrected chi connectivity index (χ4v) is 4.78. The molecule has 0 bridgehead atoms. The van der Waals surface area contributed by atoms with Crippen LogP contribution in [0, 0.1) is 0 Å². The van der Waals surface area contributed by atoms with E-state index in [0.717, 1.165) is 6.08 Å². The number of esters is 4. The Morgan fingerprint density at radius 1 is 0.627 bits per heavy atom. The second kappa shape index (κ2) is 19.6. The van der Waals surface area contributed by atoms with Gasteiger partial charge in [0.25, 0.3) is 0 Å². The lowest BCUT2D eigenvalue weighted by Crippen LogP contribution is -2.36. The zero-order chi connectivity index (χ0) is 36.6. The van der Waals surface area contributed by atoms with Crippen LogP contribution in [0.4, 0.5) is 9.59 Å². The quantitative estimate of drug-likeness (QED) is 0.0746. The molecule has 4 atom stereocenters. The molecule has 0 spiro atoms. The molecule has 16 nitrogen and oxygen atoms in total. The van der Waals surface area contributed by atoms with E-state index in [-0.39, 0.29) is 68.2 Å². The number of unbranched alkanes of at least 4 members (excludes halogenated alkanes) is 2. The van der Waals surface area contributed by atoms with Crippen LogP contribution in [0.25, 0.3) is 0 Å². The van der Waals surface area contributed by atoms with Crippen LogP contribution in [0.15, 0.2) is 61.2 Å². The van der Waals surface area contributed by atoms with E-state index in [1.165, 1.54) is 55.5 Å². The number of rotatable bonds is 17. The lowest BCUT2D eigenvalue weighted by atomic mass is 10.1. The first-order chi connectivity index (χ1) is 24.6. The second-order valence-electron chi connectivity index (χ2n) is 11.1. The topological polar surface area (TPSA) is 195 Å². The Bertz CT molecular complexity index is 1520. The third kappa shape index (κ3) is 12.4. The number of carbonyl (C=O) groups is 6. The van der Waals surface area contributed by atoms with Gasteiger partial charge in [-0.2, -0.15) is 0 Å². The minimum Gasteiger partial charge on any atom is -0.466 e. The van der Waals surface area contributed by atoms with E-state index in [1.807, 2.05) is 0 Å². The molecule has 2 aromatic rings. The number of benzene rings is 2. The monoisotopic (exact) mass is 714 g/mol. The van der Waals surface area contributed by atoms with E-state index in [9.17, 15) is 28.8 Å². The smallest absolute Gasteiger partial charge is 0.466 e. The van der Waals surface area contributed by atoms with Crippen molar-refractivity contribution in [1.29, 1.82) is 0 Å². The summed E-state index contributed by atoms with van der Waals surface area (Å²) in [4.78, 5) is 71.2. The highest BCUT2D eigenvalue weighted by molar-refractivity contribution is 5.90. The van der Waals surface area contributed by atoms with E-state index in [0.29, 0.717) is 25.7 Å². The Labute approximate surface area is 292 Å². The summed E-state index contributed by atoms with van der Waals surface area (Å²) in [5, 5.41) is 0. The molecule has 4 rings (SSSR count). The lowest BCUT2D eigenvalue weighted by molar-refractivity contribution is -0.141. The summed E-state index contributed by atoms with van der Waals surface area (Å²) in [6, 6.07) is 11.3. The van der Waals surface area contributed by atoms with Gasteiger partial charge < -0.3 is 47.4 Å². The maximum Gasteiger partial charge on any atom is 0.513 e. The molecule has 51 heavy (non-hydrogen) atoms. The van der Waals surface area contributed by atoms with Gasteiger partial charge in [-0.25, -0.2) is 24.0 Å². The van der Waals surface area contributed by atoms with Gasteiger partial charge in [-0.1, -0.05) is 6.58 Å². The van der Waals surface area contributed by atoms with E-state index in [2.05, 4.69) is 6.58 Å². The maximum absolute atomic E-state index is 12.8. The Kier molecular flexibility index (Phi) is 14.8. The molecule has 0 radical (unpaired) electrons. The van der Waals surface area contributed by atoms with Crippen molar-refractivity contribution in [3.8, 4) is 11.5 Å². The normalized spacial score (nSPS) is 18.8.